The number of hydrogen-bond donors (Lipinski definition) is 2. The van der Waals surface area contributed by atoms with E-state index in [9.17, 15) is 4.79 Å². The molecule has 0 bridgehead atoms. The Morgan fingerprint density at radius 2 is 2.12 bits per heavy atom. The molecule has 1 saturated heterocycles. The van der Waals surface area contributed by atoms with Gasteiger partial charge in [0.15, 0.2) is 0 Å². The van der Waals surface area contributed by atoms with Crippen LogP contribution in [0.2, 0.25) is 0 Å². The molecule has 1 heterocycles. The van der Waals surface area contributed by atoms with Gasteiger partial charge >= 0.3 is 0 Å². The van der Waals surface area contributed by atoms with E-state index in [1.807, 2.05) is 32.0 Å². The molecule has 0 spiro atoms. The third kappa shape index (κ3) is 5.41. The Labute approximate surface area is 145 Å². The second-order valence-corrected chi connectivity index (χ2v) is 6.36. The van der Waals surface area contributed by atoms with E-state index in [1.54, 1.807) is 0 Å². The molecule has 1 fully saturated rings. The van der Waals surface area contributed by atoms with Crippen molar-refractivity contribution in [1.82, 2.24) is 5.32 Å². The predicted octanol–water partition coefficient (Wildman–Crippen LogP) is 3.45. The summed E-state index contributed by atoms with van der Waals surface area (Å²) in [6, 6.07) is 5.54. The molecular weight excluding hydrogens is 304 g/mol. The number of benzene rings is 1. The summed E-state index contributed by atoms with van der Waals surface area (Å²) in [6.45, 7) is 9.29. The molecule has 5 nitrogen and oxygen atoms in total. The molecule has 0 aromatic heterocycles. The van der Waals surface area contributed by atoms with Gasteiger partial charge in [0.1, 0.15) is 11.5 Å². The maximum Gasteiger partial charge on any atom is 0.224 e. The van der Waals surface area contributed by atoms with Crippen LogP contribution in [0.5, 0.6) is 11.5 Å². The van der Waals surface area contributed by atoms with Gasteiger partial charge < -0.3 is 20.1 Å². The molecular formula is C19H30N2O3. The van der Waals surface area contributed by atoms with Crippen molar-refractivity contribution in [2.24, 2.45) is 11.8 Å². The van der Waals surface area contributed by atoms with Gasteiger partial charge in [0.25, 0.3) is 0 Å². The van der Waals surface area contributed by atoms with Crippen LogP contribution in [0, 0.1) is 11.8 Å². The van der Waals surface area contributed by atoms with Crippen LogP contribution >= 0.6 is 0 Å². The number of nitrogens with one attached hydrogen (secondary N) is 2. The molecule has 24 heavy (non-hydrogen) atoms. The van der Waals surface area contributed by atoms with Gasteiger partial charge in [0, 0.05) is 12.5 Å². The van der Waals surface area contributed by atoms with Gasteiger partial charge in [-0.25, -0.2) is 0 Å². The van der Waals surface area contributed by atoms with E-state index in [0.717, 1.165) is 18.8 Å². The van der Waals surface area contributed by atoms with Gasteiger partial charge in [0.05, 0.1) is 18.9 Å². The maximum atomic E-state index is 12.5. The fraction of sp³-hybridized carbons (Fsp3) is 0.632. The second-order valence-electron chi connectivity index (χ2n) is 6.36. The molecule has 1 aliphatic rings. The molecule has 2 atom stereocenters. The van der Waals surface area contributed by atoms with Gasteiger partial charge in [-0.05, 0) is 63.7 Å². The lowest BCUT2D eigenvalue weighted by Gasteiger charge is -2.28. The minimum atomic E-state index is 0.0303. The van der Waals surface area contributed by atoms with Crippen molar-refractivity contribution in [2.45, 2.75) is 40.0 Å². The average Bonchev–Trinajstić information content (AvgIpc) is 2.58. The lowest BCUT2D eigenvalue weighted by atomic mass is 9.85. The van der Waals surface area contributed by atoms with Gasteiger partial charge in [-0.2, -0.15) is 0 Å². The first-order valence-electron chi connectivity index (χ1n) is 9.04. The van der Waals surface area contributed by atoms with E-state index in [2.05, 4.69) is 17.6 Å². The van der Waals surface area contributed by atoms with Crippen molar-refractivity contribution in [3.05, 3.63) is 18.2 Å². The Balaban J connectivity index is 1.99. The summed E-state index contributed by atoms with van der Waals surface area (Å²) in [6.07, 6.45) is 2.92. The molecule has 2 rings (SSSR count). The Bertz CT molecular complexity index is 527. The highest BCUT2D eigenvalue weighted by atomic mass is 16.5. The van der Waals surface area contributed by atoms with E-state index in [1.165, 1.54) is 12.8 Å². The van der Waals surface area contributed by atoms with Crippen LogP contribution in [0.15, 0.2) is 18.2 Å². The van der Waals surface area contributed by atoms with Crippen molar-refractivity contribution < 1.29 is 14.3 Å². The number of carbonyl (C=O) groups is 1. The molecule has 0 radical (unpaired) electrons. The number of amides is 1. The zero-order valence-electron chi connectivity index (χ0n) is 15.1. The SMILES string of the molecule is CCOc1ccc(OCC)c(NC(=O)CC(C)C2CCCNC2)c1. The first kappa shape index (κ1) is 18.6. The van der Waals surface area contributed by atoms with E-state index in [4.69, 9.17) is 9.47 Å². The molecule has 1 amide bonds. The molecule has 1 aromatic rings. The number of carbonyl (C=O) groups excluding carboxylic acids is 1. The molecule has 0 aliphatic carbocycles. The fourth-order valence-electron chi connectivity index (χ4n) is 3.17. The minimum absolute atomic E-state index is 0.0303. The standard InChI is InChI=1S/C19H30N2O3/c1-4-23-16-8-9-18(24-5-2)17(12-16)21-19(22)11-14(3)15-7-6-10-20-13-15/h8-9,12,14-15,20H,4-7,10-11,13H2,1-3H3,(H,21,22). The number of anilines is 1. The van der Waals surface area contributed by atoms with Crippen molar-refractivity contribution in [2.75, 3.05) is 31.6 Å². The minimum Gasteiger partial charge on any atom is -0.494 e. The van der Waals surface area contributed by atoms with Gasteiger partial charge in [-0.1, -0.05) is 6.92 Å². The third-order valence-corrected chi connectivity index (χ3v) is 4.48. The zero-order valence-corrected chi connectivity index (χ0v) is 15.1. The summed E-state index contributed by atoms with van der Waals surface area (Å²) in [5.41, 5.74) is 0.682. The first-order valence-corrected chi connectivity index (χ1v) is 9.04. The molecule has 134 valence electrons. The number of piperidine rings is 1. The highest BCUT2D eigenvalue weighted by molar-refractivity contribution is 5.92. The largest absolute Gasteiger partial charge is 0.494 e. The summed E-state index contributed by atoms with van der Waals surface area (Å²) in [7, 11) is 0. The van der Waals surface area contributed by atoms with Crippen molar-refractivity contribution >= 4 is 11.6 Å². The summed E-state index contributed by atoms with van der Waals surface area (Å²) in [5, 5.41) is 6.42. The smallest absolute Gasteiger partial charge is 0.224 e. The van der Waals surface area contributed by atoms with Gasteiger partial charge in [-0.3, -0.25) is 4.79 Å². The average molecular weight is 334 g/mol. The third-order valence-electron chi connectivity index (χ3n) is 4.48. The number of hydrogen-bond acceptors (Lipinski definition) is 4. The van der Waals surface area contributed by atoms with Crippen LogP contribution in [-0.4, -0.2) is 32.2 Å². The monoisotopic (exact) mass is 334 g/mol. The van der Waals surface area contributed by atoms with E-state index < -0.39 is 0 Å². The lowest BCUT2D eigenvalue weighted by Crippen LogP contribution is -2.34. The normalized spacial score (nSPS) is 18.7. The number of ether oxygens (including phenoxy) is 2. The Hall–Kier alpha value is -1.75. The molecule has 1 aliphatic heterocycles. The van der Waals surface area contributed by atoms with Crippen LogP contribution in [-0.2, 0) is 4.79 Å². The fourth-order valence-corrected chi connectivity index (χ4v) is 3.17. The van der Waals surface area contributed by atoms with E-state index in [-0.39, 0.29) is 5.91 Å². The highest BCUT2D eigenvalue weighted by Crippen LogP contribution is 2.30. The maximum absolute atomic E-state index is 12.5. The topological polar surface area (TPSA) is 59.6 Å². The lowest BCUT2D eigenvalue weighted by molar-refractivity contribution is -0.117. The Kier molecular flexibility index (Phi) is 7.37. The summed E-state index contributed by atoms with van der Waals surface area (Å²) in [4.78, 5) is 12.5. The van der Waals surface area contributed by atoms with Crippen molar-refractivity contribution in [3.8, 4) is 11.5 Å². The Morgan fingerprint density at radius 3 is 2.79 bits per heavy atom. The molecule has 5 heteroatoms. The summed E-state index contributed by atoms with van der Waals surface area (Å²) < 4.78 is 11.1. The molecule has 2 N–H and O–H groups in total. The predicted molar refractivity (Wildman–Crippen MR) is 96.8 cm³/mol. The number of rotatable bonds is 8. The van der Waals surface area contributed by atoms with Gasteiger partial charge in [-0.15, -0.1) is 0 Å². The zero-order chi connectivity index (χ0) is 17.4. The summed E-state index contributed by atoms with van der Waals surface area (Å²) in [5.74, 6) is 2.39. The van der Waals surface area contributed by atoms with Crippen LogP contribution in [0.4, 0.5) is 5.69 Å². The second kappa shape index (κ2) is 9.52. The van der Waals surface area contributed by atoms with Crippen molar-refractivity contribution in [3.63, 3.8) is 0 Å². The van der Waals surface area contributed by atoms with E-state index in [0.29, 0.717) is 42.9 Å². The molecule has 2 unspecified atom stereocenters. The quantitative estimate of drug-likeness (QED) is 0.764. The van der Waals surface area contributed by atoms with Crippen LogP contribution in [0.3, 0.4) is 0 Å². The summed E-state index contributed by atoms with van der Waals surface area (Å²) >= 11 is 0. The van der Waals surface area contributed by atoms with Crippen LogP contribution in [0.1, 0.15) is 40.0 Å². The van der Waals surface area contributed by atoms with E-state index >= 15 is 0 Å². The Morgan fingerprint density at radius 1 is 1.33 bits per heavy atom. The van der Waals surface area contributed by atoms with Gasteiger partial charge in [0.2, 0.25) is 5.91 Å². The van der Waals surface area contributed by atoms with Crippen LogP contribution in [0.25, 0.3) is 0 Å². The van der Waals surface area contributed by atoms with Crippen molar-refractivity contribution in [1.29, 1.82) is 0 Å². The highest BCUT2D eigenvalue weighted by Gasteiger charge is 2.22. The van der Waals surface area contributed by atoms with Crippen LogP contribution < -0.4 is 20.1 Å². The molecule has 0 saturated carbocycles. The molecule has 1 aromatic carbocycles. The first-order chi connectivity index (χ1) is 11.6.